The zero-order valence-corrected chi connectivity index (χ0v) is 14.3. The lowest BCUT2D eigenvalue weighted by Crippen LogP contribution is -2.49. The number of nitrogens with zero attached hydrogens (tertiary/aromatic N) is 1. The summed E-state index contributed by atoms with van der Waals surface area (Å²) in [5, 5.41) is 0. The zero-order valence-electron chi connectivity index (χ0n) is 14.3. The van der Waals surface area contributed by atoms with Crippen LogP contribution in [0.2, 0.25) is 0 Å². The summed E-state index contributed by atoms with van der Waals surface area (Å²) in [6.07, 6.45) is 0.669. The normalized spacial score (nSPS) is 17.0. The molecule has 0 aromatic heterocycles. The van der Waals surface area contributed by atoms with Gasteiger partial charge in [-0.05, 0) is 29.7 Å². The van der Waals surface area contributed by atoms with E-state index in [2.05, 4.69) is 17.0 Å². The summed E-state index contributed by atoms with van der Waals surface area (Å²) >= 11 is 0. The molecule has 2 N–H and O–H groups in total. The summed E-state index contributed by atoms with van der Waals surface area (Å²) in [6, 6.07) is 17.6. The van der Waals surface area contributed by atoms with E-state index in [1.165, 1.54) is 11.1 Å². The smallest absolute Gasteiger partial charge is 0.235 e. The standard InChI is InChI=1S/C20H24N2O3/c21-20(23)19-14-16-6-4-5-7-17(16)15-22(19)10-11-24-12-13-25-18-8-2-1-3-9-18/h1-9,19H,10-15H2,(H2,21,23)/t19-/m0/s1. The number of ether oxygens (including phenoxy) is 2. The first-order valence-electron chi connectivity index (χ1n) is 8.60. The summed E-state index contributed by atoms with van der Waals surface area (Å²) < 4.78 is 11.2. The Labute approximate surface area is 148 Å². The molecule has 5 heteroatoms. The van der Waals surface area contributed by atoms with Crippen LogP contribution in [-0.2, 0) is 22.5 Å². The number of nitrogens with two attached hydrogens (primary N) is 1. The van der Waals surface area contributed by atoms with Gasteiger partial charge in [0.05, 0.1) is 19.3 Å². The van der Waals surface area contributed by atoms with E-state index in [9.17, 15) is 4.79 Å². The number of hydrogen-bond donors (Lipinski definition) is 1. The van der Waals surface area contributed by atoms with Gasteiger partial charge >= 0.3 is 0 Å². The van der Waals surface area contributed by atoms with Crippen molar-refractivity contribution >= 4 is 5.91 Å². The molecule has 3 rings (SSSR count). The molecular formula is C20H24N2O3. The predicted molar refractivity (Wildman–Crippen MR) is 96.3 cm³/mol. The Morgan fingerprint density at radius 1 is 1.00 bits per heavy atom. The predicted octanol–water partition coefficient (Wildman–Crippen LogP) is 1.99. The van der Waals surface area contributed by atoms with Crippen molar-refractivity contribution in [2.24, 2.45) is 5.73 Å². The van der Waals surface area contributed by atoms with E-state index in [0.717, 1.165) is 12.3 Å². The van der Waals surface area contributed by atoms with Gasteiger partial charge in [-0.15, -0.1) is 0 Å². The molecule has 0 unspecified atom stereocenters. The SMILES string of the molecule is NC(=O)[C@@H]1Cc2ccccc2CN1CCOCCOc1ccccc1. The van der Waals surface area contributed by atoms with Crippen LogP contribution < -0.4 is 10.5 Å². The molecule has 5 nitrogen and oxygen atoms in total. The van der Waals surface area contributed by atoms with Gasteiger partial charge in [-0.3, -0.25) is 9.69 Å². The van der Waals surface area contributed by atoms with Crippen molar-refractivity contribution in [3.05, 3.63) is 65.7 Å². The quantitative estimate of drug-likeness (QED) is 0.747. The van der Waals surface area contributed by atoms with E-state index < -0.39 is 0 Å². The van der Waals surface area contributed by atoms with Gasteiger partial charge in [-0.2, -0.15) is 0 Å². The molecule has 1 amide bonds. The van der Waals surface area contributed by atoms with E-state index in [0.29, 0.717) is 32.8 Å². The third kappa shape index (κ3) is 4.81. The van der Waals surface area contributed by atoms with Crippen molar-refractivity contribution in [3.63, 3.8) is 0 Å². The second-order valence-electron chi connectivity index (χ2n) is 6.14. The van der Waals surface area contributed by atoms with Crippen LogP contribution in [0.5, 0.6) is 5.75 Å². The number of para-hydroxylation sites is 1. The molecule has 1 atom stereocenters. The number of fused-ring (bicyclic) bond motifs is 1. The summed E-state index contributed by atoms with van der Waals surface area (Å²) in [7, 11) is 0. The van der Waals surface area contributed by atoms with E-state index in [1.54, 1.807) is 0 Å². The van der Waals surface area contributed by atoms with Gasteiger partial charge in [0.2, 0.25) is 5.91 Å². The molecule has 0 radical (unpaired) electrons. The molecule has 1 heterocycles. The van der Waals surface area contributed by atoms with Gasteiger partial charge in [0, 0.05) is 13.1 Å². The van der Waals surface area contributed by atoms with Crippen molar-refractivity contribution in [3.8, 4) is 5.75 Å². The maximum Gasteiger partial charge on any atom is 0.235 e. The van der Waals surface area contributed by atoms with Gasteiger partial charge in [0.1, 0.15) is 12.4 Å². The van der Waals surface area contributed by atoms with Gasteiger partial charge in [0.25, 0.3) is 0 Å². The summed E-state index contributed by atoms with van der Waals surface area (Å²) in [5.41, 5.74) is 8.05. The van der Waals surface area contributed by atoms with E-state index in [-0.39, 0.29) is 11.9 Å². The van der Waals surface area contributed by atoms with E-state index in [4.69, 9.17) is 15.2 Å². The van der Waals surface area contributed by atoms with Crippen LogP contribution in [0, 0.1) is 0 Å². The highest BCUT2D eigenvalue weighted by Gasteiger charge is 2.29. The zero-order chi connectivity index (χ0) is 17.5. The molecule has 2 aromatic rings. The molecule has 0 bridgehead atoms. The first-order valence-corrected chi connectivity index (χ1v) is 8.60. The van der Waals surface area contributed by atoms with Crippen LogP contribution >= 0.6 is 0 Å². The van der Waals surface area contributed by atoms with Crippen molar-refractivity contribution in [2.45, 2.75) is 19.0 Å². The van der Waals surface area contributed by atoms with Gasteiger partial charge in [-0.25, -0.2) is 0 Å². The topological polar surface area (TPSA) is 64.8 Å². The van der Waals surface area contributed by atoms with Crippen molar-refractivity contribution in [1.29, 1.82) is 0 Å². The fourth-order valence-corrected chi connectivity index (χ4v) is 3.11. The molecule has 0 spiro atoms. The minimum Gasteiger partial charge on any atom is -0.491 e. The second-order valence-corrected chi connectivity index (χ2v) is 6.14. The van der Waals surface area contributed by atoms with Crippen molar-refractivity contribution in [1.82, 2.24) is 4.90 Å². The molecular weight excluding hydrogens is 316 g/mol. The number of primary amides is 1. The van der Waals surface area contributed by atoms with Crippen molar-refractivity contribution < 1.29 is 14.3 Å². The number of rotatable bonds is 8. The fourth-order valence-electron chi connectivity index (χ4n) is 3.11. The number of carbonyl (C=O) groups is 1. The van der Waals surface area contributed by atoms with Crippen LogP contribution in [0.3, 0.4) is 0 Å². The number of amides is 1. The first kappa shape index (κ1) is 17.5. The highest BCUT2D eigenvalue weighted by atomic mass is 16.5. The minimum absolute atomic E-state index is 0.265. The Kier molecular flexibility index (Phi) is 6.04. The summed E-state index contributed by atoms with van der Waals surface area (Å²) in [6.45, 7) is 2.97. The van der Waals surface area contributed by atoms with E-state index in [1.807, 2.05) is 42.5 Å². The second kappa shape index (κ2) is 8.65. The molecule has 1 aliphatic rings. The summed E-state index contributed by atoms with van der Waals surface area (Å²) in [4.78, 5) is 13.9. The molecule has 132 valence electrons. The average Bonchev–Trinajstić information content (AvgIpc) is 2.64. The third-order valence-electron chi connectivity index (χ3n) is 4.44. The van der Waals surface area contributed by atoms with Crippen LogP contribution in [0.15, 0.2) is 54.6 Å². The van der Waals surface area contributed by atoms with Crippen LogP contribution in [0.1, 0.15) is 11.1 Å². The Balaban J connectivity index is 1.43. The number of hydrogen-bond acceptors (Lipinski definition) is 4. The Bertz CT molecular complexity index is 690. The molecule has 0 aliphatic carbocycles. The number of benzene rings is 2. The minimum atomic E-state index is -0.276. The molecule has 0 saturated heterocycles. The van der Waals surface area contributed by atoms with Crippen LogP contribution in [0.25, 0.3) is 0 Å². The molecule has 0 saturated carbocycles. The largest absolute Gasteiger partial charge is 0.491 e. The van der Waals surface area contributed by atoms with E-state index >= 15 is 0 Å². The molecule has 0 fully saturated rings. The van der Waals surface area contributed by atoms with Crippen molar-refractivity contribution in [2.75, 3.05) is 26.4 Å². The maximum atomic E-state index is 11.8. The fraction of sp³-hybridized carbons (Fsp3) is 0.350. The highest BCUT2D eigenvalue weighted by Crippen LogP contribution is 2.22. The molecule has 25 heavy (non-hydrogen) atoms. The highest BCUT2D eigenvalue weighted by molar-refractivity contribution is 5.80. The van der Waals surface area contributed by atoms with Gasteiger partial charge < -0.3 is 15.2 Å². The lowest BCUT2D eigenvalue weighted by molar-refractivity contribution is -0.124. The average molecular weight is 340 g/mol. The first-order chi connectivity index (χ1) is 12.2. The lowest BCUT2D eigenvalue weighted by Gasteiger charge is -2.34. The van der Waals surface area contributed by atoms with Crippen LogP contribution in [0.4, 0.5) is 0 Å². The Morgan fingerprint density at radius 3 is 2.48 bits per heavy atom. The van der Waals surface area contributed by atoms with Crippen LogP contribution in [-0.4, -0.2) is 43.2 Å². The lowest BCUT2D eigenvalue weighted by atomic mass is 9.93. The maximum absolute atomic E-state index is 11.8. The Morgan fingerprint density at radius 2 is 1.72 bits per heavy atom. The number of carbonyl (C=O) groups excluding carboxylic acids is 1. The third-order valence-corrected chi connectivity index (χ3v) is 4.44. The Hall–Kier alpha value is -2.37. The molecule has 1 aliphatic heterocycles. The van der Waals surface area contributed by atoms with Gasteiger partial charge in [0.15, 0.2) is 0 Å². The monoisotopic (exact) mass is 340 g/mol. The molecule has 2 aromatic carbocycles. The summed E-state index contributed by atoms with van der Waals surface area (Å²) in [5.74, 6) is 0.564. The van der Waals surface area contributed by atoms with Gasteiger partial charge in [-0.1, -0.05) is 42.5 Å².